The molecule has 0 spiro atoms. The summed E-state index contributed by atoms with van der Waals surface area (Å²) in [6, 6.07) is 8.17. The number of benzene rings is 1. The van der Waals surface area contributed by atoms with E-state index in [2.05, 4.69) is 27.8 Å². The highest BCUT2D eigenvalue weighted by Crippen LogP contribution is 2.23. The van der Waals surface area contributed by atoms with Crippen LogP contribution in [0.25, 0.3) is 0 Å². The molecule has 0 bridgehead atoms. The van der Waals surface area contributed by atoms with Crippen molar-refractivity contribution in [2.24, 2.45) is 5.92 Å². The first-order chi connectivity index (χ1) is 8.70. The van der Waals surface area contributed by atoms with Gasteiger partial charge >= 0.3 is 0 Å². The second-order valence-corrected chi connectivity index (χ2v) is 5.77. The van der Waals surface area contributed by atoms with Gasteiger partial charge in [-0.25, -0.2) is 0 Å². The third-order valence-electron chi connectivity index (χ3n) is 3.65. The molecule has 1 aromatic carbocycles. The highest BCUT2D eigenvalue weighted by atomic mass is 79.9. The van der Waals surface area contributed by atoms with Gasteiger partial charge in [0.2, 0.25) is 0 Å². The van der Waals surface area contributed by atoms with Gasteiger partial charge in [0.05, 0.1) is 6.61 Å². The van der Waals surface area contributed by atoms with Crippen LogP contribution in [0.15, 0.2) is 28.7 Å². The van der Waals surface area contributed by atoms with E-state index in [9.17, 15) is 5.11 Å². The lowest BCUT2D eigenvalue weighted by Crippen LogP contribution is -2.37. The highest BCUT2D eigenvalue weighted by molar-refractivity contribution is 9.10. The van der Waals surface area contributed by atoms with E-state index in [0.29, 0.717) is 18.6 Å². The van der Waals surface area contributed by atoms with Gasteiger partial charge in [-0.15, -0.1) is 0 Å². The fourth-order valence-electron chi connectivity index (χ4n) is 2.47. The van der Waals surface area contributed by atoms with Crippen molar-refractivity contribution in [1.29, 1.82) is 0 Å². The van der Waals surface area contributed by atoms with Gasteiger partial charge in [0.1, 0.15) is 12.4 Å². The number of likely N-dealkylation sites (tertiary alicyclic amines) is 1. The van der Waals surface area contributed by atoms with Crippen LogP contribution in [-0.4, -0.2) is 42.4 Å². The zero-order valence-electron chi connectivity index (χ0n) is 10.7. The molecular formula is C14H20BrNO2. The Kier molecular flexibility index (Phi) is 5.03. The first-order valence-corrected chi connectivity index (χ1v) is 7.23. The Bertz CT molecular complexity index is 369. The van der Waals surface area contributed by atoms with Crippen LogP contribution in [0, 0.1) is 5.92 Å². The fraction of sp³-hybridized carbons (Fsp3) is 0.571. The Morgan fingerprint density at radius 3 is 2.78 bits per heavy atom. The van der Waals surface area contributed by atoms with E-state index >= 15 is 0 Å². The fourth-order valence-corrected chi connectivity index (χ4v) is 2.74. The van der Waals surface area contributed by atoms with Crippen molar-refractivity contribution in [3.8, 4) is 5.75 Å². The average molecular weight is 314 g/mol. The molecule has 0 aromatic heterocycles. The number of ether oxygens (including phenoxy) is 1. The average Bonchev–Trinajstić information content (AvgIpc) is 2.72. The van der Waals surface area contributed by atoms with E-state index < -0.39 is 0 Å². The number of halogens is 1. The molecule has 4 heteroatoms. The van der Waals surface area contributed by atoms with Crippen LogP contribution in [-0.2, 0) is 0 Å². The summed E-state index contributed by atoms with van der Waals surface area (Å²) in [6.07, 6.45) is 1.17. The van der Waals surface area contributed by atoms with Gasteiger partial charge in [-0.1, -0.05) is 22.9 Å². The van der Waals surface area contributed by atoms with Crippen molar-refractivity contribution in [1.82, 2.24) is 4.90 Å². The monoisotopic (exact) mass is 313 g/mol. The molecule has 2 rings (SSSR count). The minimum atomic E-state index is 0.249. The zero-order valence-corrected chi connectivity index (χ0v) is 12.3. The molecule has 1 aliphatic heterocycles. The molecule has 1 heterocycles. The summed E-state index contributed by atoms with van der Waals surface area (Å²) in [6.45, 7) is 5.07. The molecule has 1 N–H and O–H groups in total. The molecule has 1 fully saturated rings. The van der Waals surface area contributed by atoms with Gasteiger partial charge in [-0.2, -0.15) is 0 Å². The minimum Gasteiger partial charge on any atom is -0.492 e. The first kappa shape index (κ1) is 13.8. The smallest absolute Gasteiger partial charge is 0.119 e. The topological polar surface area (TPSA) is 32.7 Å². The number of hydrogen-bond acceptors (Lipinski definition) is 3. The molecule has 0 aliphatic carbocycles. The number of nitrogens with zero attached hydrogens (tertiary/aromatic N) is 1. The molecule has 0 saturated carbocycles. The molecule has 1 saturated heterocycles. The van der Waals surface area contributed by atoms with Crippen molar-refractivity contribution in [3.05, 3.63) is 28.7 Å². The van der Waals surface area contributed by atoms with Gasteiger partial charge in [0.15, 0.2) is 0 Å². The largest absolute Gasteiger partial charge is 0.492 e. The molecule has 100 valence electrons. The molecule has 0 radical (unpaired) electrons. The predicted octanol–water partition coefficient (Wildman–Crippen LogP) is 2.53. The quantitative estimate of drug-likeness (QED) is 0.906. The molecule has 2 unspecified atom stereocenters. The summed E-state index contributed by atoms with van der Waals surface area (Å²) in [5.74, 6) is 1.48. The van der Waals surface area contributed by atoms with Crippen molar-refractivity contribution in [2.45, 2.75) is 19.4 Å². The maximum absolute atomic E-state index is 9.37. The number of aliphatic hydroxyl groups excluding tert-OH is 1. The van der Waals surface area contributed by atoms with Gasteiger partial charge in [0.25, 0.3) is 0 Å². The summed E-state index contributed by atoms with van der Waals surface area (Å²) in [4.78, 5) is 2.32. The molecule has 1 aromatic rings. The van der Waals surface area contributed by atoms with E-state index in [1.807, 2.05) is 24.3 Å². The summed E-state index contributed by atoms with van der Waals surface area (Å²) in [5.41, 5.74) is 0. The number of aliphatic hydroxyl groups is 1. The molecule has 18 heavy (non-hydrogen) atoms. The Hall–Kier alpha value is -0.580. The van der Waals surface area contributed by atoms with Crippen LogP contribution in [0.2, 0.25) is 0 Å². The predicted molar refractivity (Wildman–Crippen MR) is 75.9 cm³/mol. The van der Waals surface area contributed by atoms with Crippen LogP contribution >= 0.6 is 15.9 Å². The van der Waals surface area contributed by atoms with E-state index in [0.717, 1.165) is 23.3 Å². The Morgan fingerprint density at radius 2 is 2.11 bits per heavy atom. The lowest BCUT2D eigenvalue weighted by Gasteiger charge is -2.24. The van der Waals surface area contributed by atoms with Crippen molar-refractivity contribution in [3.63, 3.8) is 0 Å². The molecule has 0 amide bonds. The van der Waals surface area contributed by atoms with Gasteiger partial charge in [-0.3, -0.25) is 4.90 Å². The maximum Gasteiger partial charge on any atom is 0.119 e. The zero-order chi connectivity index (χ0) is 13.0. The standard InChI is InChI=1S/C14H20BrNO2/c1-11-6-7-16(14(11)10-17)8-9-18-13-4-2-12(15)3-5-13/h2-5,11,14,17H,6-10H2,1H3. The minimum absolute atomic E-state index is 0.249. The third-order valence-corrected chi connectivity index (χ3v) is 4.17. The van der Waals surface area contributed by atoms with E-state index in [1.54, 1.807) is 0 Å². The van der Waals surface area contributed by atoms with Gasteiger partial charge in [-0.05, 0) is 43.1 Å². The summed E-state index contributed by atoms with van der Waals surface area (Å²) in [5, 5.41) is 9.37. The Labute approximate surface area is 117 Å². The summed E-state index contributed by atoms with van der Waals surface area (Å²) >= 11 is 3.40. The highest BCUT2D eigenvalue weighted by Gasteiger charge is 2.29. The summed E-state index contributed by atoms with van der Waals surface area (Å²) in [7, 11) is 0. The molecule has 2 atom stereocenters. The van der Waals surface area contributed by atoms with Crippen LogP contribution in [0.5, 0.6) is 5.75 Å². The molecule has 3 nitrogen and oxygen atoms in total. The van der Waals surface area contributed by atoms with Crippen molar-refractivity contribution < 1.29 is 9.84 Å². The summed E-state index contributed by atoms with van der Waals surface area (Å²) < 4.78 is 6.77. The van der Waals surface area contributed by atoms with E-state index in [-0.39, 0.29) is 6.61 Å². The second kappa shape index (κ2) is 6.55. The van der Waals surface area contributed by atoms with Crippen molar-refractivity contribution >= 4 is 15.9 Å². The lowest BCUT2D eigenvalue weighted by atomic mass is 10.0. The Morgan fingerprint density at radius 1 is 1.39 bits per heavy atom. The molecular weight excluding hydrogens is 294 g/mol. The lowest BCUT2D eigenvalue weighted by molar-refractivity contribution is 0.123. The Balaban J connectivity index is 1.77. The van der Waals surface area contributed by atoms with Crippen LogP contribution < -0.4 is 4.74 Å². The van der Waals surface area contributed by atoms with Crippen LogP contribution in [0.3, 0.4) is 0 Å². The van der Waals surface area contributed by atoms with Crippen LogP contribution in [0.4, 0.5) is 0 Å². The number of rotatable bonds is 5. The van der Waals surface area contributed by atoms with Crippen LogP contribution in [0.1, 0.15) is 13.3 Å². The number of hydrogen-bond donors (Lipinski definition) is 1. The molecule has 1 aliphatic rings. The first-order valence-electron chi connectivity index (χ1n) is 6.44. The van der Waals surface area contributed by atoms with Gasteiger partial charge in [0, 0.05) is 17.1 Å². The van der Waals surface area contributed by atoms with E-state index in [4.69, 9.17) is 4.74 Å². The second-order valence-electron chi connectivity index (χ2n) is 4.85. The third kappa shape index (κ3) is 3.46. The SMILES string of the molecule is CC1CCN(CCOc2ccc(Br)cc2)C1CO. The normalized spacial score (nSPS) is 24.4. The van der Waals surface area contributed by atoms with Gasteiger partial charge < -0.3 is 9.84 Å². The van der Waals surface area contributed by atoms with Crippen molar-refractivity contribution in [2.75, 3.05) is 26.3 Å². The van der Waals surface area contributed by atoms with E-state index in [1.165, 1.54) is 6.42 Å². The maximum atomic E-state index is 9.37.